The fourth-order valence-electron chi connectivity index (χ4n) is 3.31. The van der Waals surface area contributed by atoms with Crippen LogP contribution in [0.4, 0.5) is 0 Å². The molecule has 3 aromatic carbocycles. The molecule has 0 fully saturated rings. The van der Waals surface area contributed by atoms with Crippen LogP contribution in [0.5, 0.6) is 0 Å². The molecule has 1 heterocycles. The summed E-state index contributed by atoms with van der Waals surface area (Å²) in [5.41, 5.74) is 2.97. The van der Waals surface area contributed by atoms with Gasteiger partial charge < -0.3 is 4.90 Å². The minimum absolute atomic E-state index is 0.0218. The fourth-order valence-corrected chi connectivity index (χ4v) is 3.31. The van der Waals surface area contributed by atoms with Gasteiger partial charge in [-0.3, -0.25) is 9.48 Å². The van der Waals surface area contributed by atoms with Crippen LogP contribution in [-0.2, 0) is 13.1 Å². The van der Waals surface area contributed by atoms with Crippen molar-refractivity contribution in [3.05, 3.63) is 102 Å². The van der Waals surface area contributed by atoms with Gasteiger partial charge in [0, 0.05) is 31.5 Å². The highest BCUT2D eigenvalue weighted by molar-refractivity contribution is 5.94. The normalized spacial score (nSPS) is 10.9. The van der Waals surface area contributed by atoms with Gasteiger partial charge >= 0.3 is 0 Å². The van der Waals surface area contributed by atoms with E-state index in [1.807, 2.05) is 66.5 Å². The predicted octanol–water partition coefficient (Wildman–Crippen LogP) is 4.36. The van der Waals surface area contributed by atoms with Crippen LogP contribution in [0.15, 0.2) is 85.2 Å². The maximum Gasteiger partial charge on any atom is 0.253 e. The third kappa shape index (κ3) is 3.75. The molecule has 4 rings (SSSR count). The van der Waals surface area contributed by atoms with Gasteiger partial charge in [0.2, 0.25) is 0 Å². The van der Waals surface area contributed by atoms with Gasteiger partial charge in [-0.05, 0) is 40.1 Å². The second-order valence-electron chi connectivity index (χ2n) is 6.70. The molecule has 0 aliphatic heterocycles. The molecule has 4 aromatic rings. The molecule has 0 bridgehead atoms. The van der Waals surface area contributed by atoms with Gasteiger partial charge in [-0.15, -0.1) is 0 Å². The monoisotopic (exact) mass is 355 g/mol. The van der Waals surface area contributed by atoms with E-state index < -0.39 is 0 Å². The first-order valence-corrected chi connectivity index (χ1v) is 8.99. The number of rotatable bonds is 5. The molecule has 4 heteroatoms. The molecule has 134 valence electrons. The van der Waals surface area contributed by atoms with Crippen LogP contribution in [0.25, 0.3) is 10.8 Å². The standard InChI is InChI=1S/C23H21N3O/c1-25(17-21-8-4-7-19-6-2-3-9-22(19)21)23(27)20-12-10-18(11-13-20)16-26-15-5-14-24-26/h2-15H,16-17H2,1H3. The lowest BCUT2D eigenvalue weighted by Crippen LogP contribution is -2.26. The second-order valence-corrected chi connectivity index (χ2v) is 6.70. The van der Waals surface area contributed by atoms with Crippen LogP contribution in [0.2, 0.25) is 0 Å². The number of fused-ring (bicyclic) bond motifs is 1. The fraction of sp³-hybridized carbons (Fsp3) is 0.130. The SMILES string of the molecule is CN(Cc1cccc2ccccc12)C(=O)c1ccc(Cn2cccn2)cc1. The smallest absolute Gasteiger partial charge is 0.253 e. The largest absolute Gasteiger partial charge is 0.337 e. The molecule has 1 aromatic heterocycles. The summed E-state index contributed by atoms with van der Waals surface area (Å²) in [6, 6.07) is 24.1. The number of carbonyl (C=O) groups excluding carboxylic acids is 1. The van der Waals surface area contributed by atoms with E-state index in [2.05, 4.69) is 29.4 Å². The highest BCUT2D eigenvalue weighted by atomic mass is 16.2. The first kappa shape index (κ1) is 17.0. The molecule has 0 N–H and O–H groups in total. The molecule has 1 amide bonds. The summed E-state index contributed by atoms with van der Waals surface area (Å²) < 4.78 is 1.86. The van der Waals surface area contributed by atoms with Crippen molar-refractivity contribution >= 4 is 16.7 Å². The molecule has 4 nitrogen and oxygen atoms in total. The summed E-state index contributed by atoms with van der Waals surface area (Å²) in [5, 5.41) is 6.59. The minimum Gasteiger partial charge on any atom is -0.337 e. The summed E-state index contributed by atoms with van der Waals surface area (Å²) >= 11 is 0. The van der Waals surface area contributed by atoms with Gasteiger partial charge in [-0.25, -0.2) is 0 Å². The van der Waals surface area contributed by atoms with Crippen molar-refractivity contribution in [1.29, 1.82) is 0 Å². The summed E-state index contributed by atoms with van der Waals surface area (Å²) in [5.74, 6) is 0.0218. The van der Waals surface area contributed by atoms with Gasteiger partial charge in [0.1, 0.15) is 0 Å². The number of aromatic nitrogens is 2. The van der Waals surface area contributed by atoms with Crippen molar-refractivity contribution in [3.8, 4) is 0 Å². The van der Waals surface area contributed by atoms with Crippen LogP contribution >= 0.6 is 0 Å². The number of hydrogen-bond acceptors (Lipinski definition) is 2. The Labute approximate surface area is 158 Å². The molecule has 0 spiro atoms. The third-order valence-electron chi connectivity index (χ3n) is 4.74. The highest BCUT2D eigenvalue weighted by Gasteiger charge is 2.13. The quantitative estimate of drug-likeness (QED) is 0.534. The van der Waals surface area contributed by atoms with Gasteiger partial charge in [0.05, 0.1) is 6.54 Å². The maximum atomic E-state index is 12.8. The minimum atomic E-state index is 0.0218. The molecule has 0 saturated carbocycles. The van der Waals surface area contributed by atoms with Crippen molar-refractivity contribution in [3.63, 3.8) is 0 Å². The highest BCUT2D eigenvalue weighted by Crippen LogP contribution is 2.20. The van der Waals surface area contributed by atoms with Gasteiger partial charge in [0.25, 0.3) is 5.91 Å². The summed E-state index contributed by atoms with van der Waals surface area (Å²) in [7, 11) is 1.85. The molecular formula is C23H21N3O. The topological polar surface area (TPSA) is 38.1 Å². The van der Waals surface area contributed by atoms with Crippen LogP contribution in [0.1, 0.15) is 21.5 Å². The Bertz CT molecular complexity index is 1050. The molecular weight excluding hydrogens is 334 g/mol. The van der Waals surface area contributed by atoms with Gasteiger partial charge in [-0.1, -0.05) is 54.6 Å². The third-order valence-corrected chi connectivity index (χ3v) is 4.74. The maximum absolute atomic E-state index is 12.8. The summed E-state index contributed by atoms with van der Waals surface area (Å²) in [6.07, 6.45) is 3.69. The zero-order valence-electron chi connectivity index (χ0n) is 15.2. The van der Waals surface area contributed by atoms with Crippen molar-refractivity contribution < 1.29 is 4.79 Å². The van der Waals surface area contributed by atoms with Crippen LogP contribution < -0.4 is 0 Å². The number of carbonyl (C=O) groups is 1. The average molecular weight is 355 g/mol. The zero-order valence-corrected chi connectivity index (χ0v) is 15.2. The number of hydrogen-bond donors (Lipinski definition) is 0. The molecule has 0 radical (unpaired) electrons. The molecule has 0 aliphatic carbocycles. The van der Waals surface area contributed by atoms with Crippen molar-refractivity contribution in [2.75, 3.05) is 7.05 Å². The molecule has 0 saturated heterocycles. The van der Waals surface area contributed by atoms with Crippen molar-refractivity contribution in [2.24, 2.45) is 0 Å². The first-order chi connectivity index (χ1) is 13.2. The Kier molecular flexibility index (Phi) is 4.71. The van der Waals surface area contributed by atoms with Gasteiger partial charge in [-0.2, -0.15) is 5.10 Å². The van der Waals surface area contributed by atoms with Crippen LogP contribution in [0, 0.1) is 0 Å². The Morgan fingerprint density at radius 2 is 1.74 bits per heavy atom. The Morgan fingerprint density at radius 3 is 2.52 bits per heavy atom. The van der Waals surface area contributed by atoms with E-state index in [1.165, 1.54) is 10.8 Å². The second kappa shape index (κ2) is 7.46. The number of amides is 1. The molecule has 0 aliphatic rings. The van der Waals surface area contributed by atoms with Crippen LogP contribution in [-0.4, -0.2) is 27.6 Å². The Hall–Kier alpha value is -3.40. The molecule has 27 heavy (non-hydrogen) atoms. The van der Waals surface area contributed by atoms with Crippen LogP contribution in [0.3, 0.4) is 0 Å². The first-order valence-electron chi connectivity index (χ1n) is 8.99. The van der Waals surface area contributed by atoms with Crippen molar-refractivity contribution in [1.82, 2.24) is 14.7 Å². The van der Waals surface area contributed by atoms with E-state index >= 15 is 0 Å². The lowest BCUT2D eigenvalue weighted by Gasteiger charge is -2.19. The molecule has 0 atom stereocenters. The van der Waals surface area contributed by atoms with E-state index in [0.717, 1.165) is 11.1 Å². The number of benzene rings is 3. The molecule has 0 unspecified atom stereocenters. The van der Waals surface area contributed by atoms with Crippen molar-refractivity contribution in [2.45, 2.75) is 13.1 Å². The summed E-state index contributed by atoms with van der Waals surface area (Å²) in [6.45, 7) is 1.28. The lowest BCUT2D eigenvalue weighted by atomic mass is 10.0. The predicted molar refractivity (Wildman–Crippen MR) is 108 cm³/mol. The van der Waals surface area contributed by atoms with Gasteiger partial charge in [0.15, 0.2) is 0 Å². The lowest BCUT2D eigenvalue weighted by molar-refractivity contribution is 0.0785. The summed E-state index contributed by atoms with van der Waals surface area (Å²) in [4.78, 5) is 14.6. The number of nitrogens with zero attached hydrogens (tertiary/aromatic N) is 3. The van der Waals surface area contributed by atoms with E-state index in [9.17, 15) is 4.79 Å². The zero-order chi connectivity index (χ0) is 18.6. The average Bonchev–Trinajstić information content (AvgIpc) is 3.21. The Balaban J connectivity index is 1.48. The van der Waals surface area contributed by atoms with E-state index in [4.69, 9.17) is 0 Å². The Morgan fingerprint density at radius 1 is 0.963 bits per heavy atom. The van der Waals surface area contributed by atoms with E-state index in [1.54, 1.807) is 11.1 Å². The van der Waals surface area contributed by atoms with E-state index in [0.29, 0.717) is 18.7 Å². The van der Waals surface area contributed by atoms with E-state index in [-0.39, 0.29) is 5.91 Å².